The molecule has 30 heavy (non-hydrogen) atoms. The number of anilines is 1. The van der Waals surface area contributed by atoms with Gasteiger partial charge in [-0.15, -0.1) is 13.2 Å². The maximum absolute atomic E-state index is 12.6. The van der Waals surface area contributed by atoms with E-state index in [-0.39, 0.29) is 24.3 Å². The van der Waals surface area contributed by atoms with Crippen molar-refractivity contribution < 1.29 is 37.0 Å². The van der Waals surface area contributed by atoms with Crippen LogP contribution in [0.5, 0.6) is 5.75 Å². The number of carbonyl (C=O) groups excluding carboxylic acids is 3. The molecule has 0 bridgehead atoms. The number of benzene rings is 2. The molecule has 1 fully saturated rings. The van der Waals surface area contributed by atoms with Crippen LogP contribution in [0.1, 0.15) is 22.3 Å². The number of carbonyl (C=O) groups is 3. The predicted octanol–water partition coefficient (Wildman–Crippen LogP) is 2.79. The largest absolute Gasteiger partial charge is 0.573 e. The number of amides is 2. The molecule has 0 radical (unpaired) electrons. The summed E-state index contributed by atoms with van der Waals surface area (Å²) in [5.41, 5.74) is 1.23. The molecule has 2 amide bonds. The van der Waals surface area contributed by atoms with Crippen molar-refractivity contribution in [1.29, 1.82) is 0 Å². The minimum Gasteiger partial charge on any atom is -0.465 e. The molecule has 1 N–H and O–H groups in total. The highest BCUT2D eigenvalue weighted by molar-refractivity contribution is 6.22. The highest BCUT2D eigenvalue weighted by atomic mass is 19.4. The van der Waals surface area contributed by atoms with Crippen molar-refractivity contribution in [3.8, 4) is 5.75 Å². The Morgan fingerprint density at radius 2 is 1.73 bits per heavy atom. The van der Waals surface area contributed by atoms with Gasteiger partial charge in [0.2, 0.25) is 5.91 Å². The zero-order chi connectivity index (χ0) is 21.9. The van der Waals surface area contributed by atoms with Crippen LogP contribution in [0.2, 0.25) is 0 Å². The Labute approximate surface area is 169 Å². The summed E-state index contributed by atoms with van der Waals surface area (Å²) in [5.74, 6) is -1.74. The second-order valence-corrected chi connectivity index (χ2v) is 6.44. The Hall–Kier alpha value is -3.40. The summed E-state index contributed by atoms with van der Waals surface area (Å²) in [4.78, 5) is 37.5. The Morgan fingerprint density at radius 3 is 2.30 bits per heavy atom. The minimum absolute atomic E-state index is 0.0626. The number of esters is 1. The van der Waals surface area contributed by atoms with Crippen molar-refractivity contribution in [2.24, 2.45) is 0 Å². The van der Waals surface area contributed by atoms with Crippen molar-refractivity contribution in [1.82, 2.24) is 5.32 Å². The van der Waals surface area contributed by atoms with Crippen LogP contribution in [0.15, 0.2) is 48.5 Å². The van der Waals surface area contributed by atoms with Crippen LogP contribution in [0.3, 0.4) is 0 Å². The molecule has 2 aromatic rings. The molecule has 158 valence electrons. The Bertz CT molecular complexity index is 942. The zero-order valence-corrected chi connectivity index (χ0v) is 15.7. The van der Waals surface area contributed by atoms with Gasteiger partial charge in [-0.3, -0.25) is 9.59 Å². The molecule has 3 rings (SSSR count). The lowest BCUT2D eigenvalue weighted by molar-refractivity contribution is -0.274. The number of hydrogen-bond acceptors (Lipinski definition) is 6. The molecule has 1 heterocycles. The van der Waals surface area contributed by atoms with Crippen LogP contribution in [0.4, 0.5) is 18.9 Å². The van der Waals surface area contributed by atoms with Gasteiger partial charge in [-0.2, -0.15) is 0 Å². The third kappa shape index (κ3) is 4.95. The molecule has 1 aliphatic heterocycles. The molecule has 0 unspecified atom stereocenters. The summed E-state index contributed by atoms with van der Waals surface area (Å²) in [6, 6.07) is 10.3. The zero-order valence-electron chi connectivity index (χ0n) is 15.7. The topological polar surface area (TPSA) is 84.9 Å². The molecular formula is C20H17F3N2O5. The standard InChI is InChI=1S/C20H17F3N2O5/c1-29-19(28)13-4-6-14(7-5-13)25-17(26)10-16(18(25)27)24-11-12-2-8-15(9-3-12)30-20(21,22)23/h2-9,16,24H,10-11H2,1H3/t16-/m0/s1. The van der Waals surface area contributed by atoms with E-state index in [1.54, 1.807) is 0 Å². The van der Waals surface area contributed by atoms with Crippen molar-refractivity contribution in [3.63, 3.8) is 0 Å². The van der Waals surface area contributed by atoms with Gasteiger partial charge in [0, 0.05) is 6.54 Å². The van der Waals surface area contributed by atoms with Crippen LogP contribution in [0, 0.1) is 0 Å². The van der Waals surface area contributed by atoms with Gasteiger partial charge < -0.3 is 14.8 Å². The van der Waals surface area contributed by atoms with Gasteiger partial charge in [-0.05, 0) is 42.0 Å². The smallest absolute Gasteiger partial charge is 0.465 e. The molecule has 7 nitrogen and oxygen atoms in total. The summed E-state index contributed by atoms with van der Waals surface area (Å²) in [6.07, 6.45) is -4.83. The summed E-state index contributed by atoms with van der Waals surface area (Å²) in [7, 11) is 1.25. The third-order valence-electron chi connectivity index (χ3n) is 4.40. The quantitative estimate of drug-likeness (QED) is 0.569. The normalized spacial score (nSPS) is 16.7. The first-order valence-corrected chi connectivity index (χ1v) is 8.81. The number of alkyl halides is 3. The van der Waals surface area contributed by atoms with Crippen LogP contribution in [-0.4, -0.2) is 37.3 Å². The molecule has 1 aliphatic rings. The van der Waals surface area contributed by atoms with Crippen molar-refractivity contribution in [3.05, 3.63) is 59.7 Å². The predicted molar refractivity (Wildman–Crippen MR) is 98.6 cm³/mol. The number of halogens is 3. The highest BCUT2D eigenvalue weighted by Crippen LogP contribution is 2.25. The summed E-state index contributed by atoms with van der Waals surface area (Å²) in [5, 5.41) is 2.94. The summed E-state index contributed by atoms with van der Waals surface area (Å²) < 4.78 is 45.0. The summed E-state index contributed by atoms with van der Waals surface area (Å²) >= 11 is 0. The lowest BCUT2D eigenvalue weighted by atomic mass is 10.2. The molecule has 10 heteroatoms. The molecule has 0 saturated carbocycles. The van der Waals surface area contributed by atoms with Crippen LogP contribution in [-0.2, 0) is 20.9 Å². The van der Waals surface area contributed by atoms with E-state index in [4.69, 9.17) is 0 Å². The van der Waals surface area contributed by atoms with Gasteiger partial charge in [0.15, 0.2) is 0 Å². The fourth-order valence-corrected chi connectivity index (χ4v) is 2.98. The first-order valence-electron chi connectivity index (χ1n) is 8.81. The first kappa shape index (κ1) is 21.3. The lowest BCUT2D eigenvalue weighted by Crippen LogP contribution is -2.38. The van der Waals surface area contributed by atoms with E-state index in [2.05, 4.69) is 14.8 Å². The van der Waals surface area contributed by atoms with Gasteiger partial charge in [0.1, 0.15) is 5.75 Å². The molecule has 0 aromatic heterocycles. The number of methoxy groups -OCH3 is 1. The van der Waals surface area contributed by atoms with E-state index >= 15 is 0 Å². The Morgan fingerprint density at radius 1 is 1.10 bits per heavy atom. The van der Waals surface area contributed by atoms with Gasteiger partial charge >= 0.3 is 12.3 Å². The van der Waals surface area contributed by atoms with E-state index in [1.807, 2.05) is 0 Å². The van der Waals surface area contributed by atoms with E-state index in [9.17, 15) is 27.6 Å². The van der Waals surface area contributed by atoms with E-state index in [1.165, 1.54) is 55.6 Å². The monoisotopic (exact) mass is 422 g/mol. The second-order valence-electron chi connectivity index (χ2n) is 6.44. The maximum Gasteiger partial charge on any atom is 0.573 e. The number of hydrogen-bond donors (Lipinski definition) is 1. The lowest BCUT2D eigenvalue weighted by Gasteiger charge is -2.16. The van der Waals surface area contributed by atoms with E-state index in [0.29, 0.717) is 11.3 Å². The van der Waals surface area contributed by atoms with Crippen molar-refractivity contribution in [2.45, 2.75) is 25.4 Å². The minimum atomic E-state index is -4.77. The molecule has 0 aliphatic carbocycles. The molecule has 1 atom stereocenters. The Balaban J connectivity index is 1.61. The number of imide groups is 1. The highest BCUT2D eigenvalue weighted by Gasteiger charge is 2.39. The fraction of sp³-hybridized carbons (Fsp3) is 0.250. The van der Waals surface area contributed by atoms with Crippen molar-refractivity contribution in [2.75, 3.05) is 12.0 Å². The molecule has 1 saturated heterocycles. The third-order valence-corrected chi connectivity index (χ3v) is 4.40. The van der Waals surface area contributed by atoms with Crippen LogP contribution < -0.4 is 15.0 Å². The van der Waals surface area contributed by atoms with Crippen molar-refractivity contribution >= 4 is 23.5 Å². The first-order chi connectivity index (χ1) is 14.2. The Kier molecular flexibility index (Phi) is 6.06. The summed E-state index contributed by atoms with van der Waals surface area (Å²) in [6.45, 7) is 0.172. The number of ether oxygens (including phenoxy) is 2. The molecule has 2 aromatic carbocycles. The van der Waals surface area contributed by atoms with Crippen LogP contribution in [0.25, 0.3) is 0 Å². The molecule has 0 spiro atoms. The van der Waals surface area contributed by atoms with E-state index in [0.717, 1.165) is 4.90 Å². The second kappa shape index (κ2) is 8.54. The SMILES string of the molecule is COC(=O)c1ccc(N2C(=O)C[C@H](NCc3ccc(OC(F)(F)F)cc3)C2=O)cc1. The van der Waals surface area contributed by atoms with Gasteiger partial charge in [0.25, 0.3) is 5.91 Å². The molecular weight excluding hydrogens is 405 g/mol. The van der Waals surface area contributed by atoms with Gasteiger partial charge in [-0.25, -0.2) is 9.69 Å². The van der Waals surface area contributed by atoms with Gasteiger partial charge in [-0.1, -0.05) is 12.1 Å². The van der Waals surface area contributed by atoms with E-state index < -0.39 is 30.2 Å². The number of rotatable bonds is 6. The number of nitrogens with one attached hydrogen (secondary N) is 1. The average Bonchev–Trinajstić information content (AvgIpc) is 2.99. The van der Waals surface area contributed by atoms with Crippen LogP contribution >= 0.6 is 0 Å². The van der Waals surface area contributed by atoms with Gasteiger partial charge in [0.05, 0.1) is 30.8 Å². The number of nitrogens with zero attached hydrogens (tertiary/aromatic N) is 1. The average molecular weight is 422 g/mol. The maximum atomic E-state index is 12.6. The fourth-order valence-electron chi connectivity index (χ4n) is 2.98.